The van der Waals surface area contributed by atoms with Crippen molar-refractivity contribution in [3.8, 4) is 0 Å². The summed E-state index contributed by atoms with van der Waals surface area (Å²) in [6.45, 7) is 0. The van der Waals surface area contributed by atoms with Crippen molar-refractivity contribution in [3.63, 3.8) is 0 Å². The van der Waals surface area contributed by atoms with Crippen LogP contribution in [0.3, 0.4) is 0 Å². The zero-order valence-corrected chi connectivity index (χ0v) is 4.26. The summed E-state index contributed by atoms with van der Waals surface area (Å²) in [6, 6.07) is 3.95. The first kappa shape index (κ1) is 3.84. The van der Waals surface area contributed by atoms with Crippen LogP contribution in [0.4, 0.5) is 0 Å². The molecule has 0 bridgehead atoms. The molecule has 37 valence electrons. The largest absolute Gasteiger partial charge is 0.256 e. The first-order chi connectivity index (χ1) is 3.97. The zero-order chi connectivity index (χ0) is 5.40. The van der Waals surface area contributed by atoms with Gasteiger partial charge in [-0.1, -0.05) is 6.07 Å². The standard InChI is InChI=1S/C7H4N/c1-2-6-3-4-7(6)8-5-1/h1-3,5H. The van der Waals surface area contributed by atoms with Crippen LogP contribution in [0.15, 0.2) is 18.3 Å². The van der Waals surface area contributed by atoms with Crippen LogP contribution in [0.5, 0.6) is 0 Å². The van der Waals surface area contributed by atoms with E-state index in [0.717, 1.165) is 5.69 Å². The lowest BCUT2D eigenvalue weighted by atomic mass is 10.1. The van der Waals surface area contributed by atoms with Gasteiger partial charge in [-0.2, -0.15) is 0 Å². The second-order valence-electron chi connectivity index (χ2n) is 1.73. The van der Waals surface area contributed by atoms with E-state index in [1.807, 2.05) is 18.2 Å². The minimum Gasteiger partial charge on any atom is -0.256 e. The Morgan fingerprint density at radius 2 is 2.50 bits per heavy atom. The molecule has 1 heterocycles. The van der Waals surface area contributed by atoms with Crippen LogP contribution in [0.2, 0.25) is 0 Å². The molecule has 0 N–H and O–H groups in total. The van der Waals surface area contributed by atoms with E-state index in [-0.39, 0.29) is 0 Å². The third-order valence-electron chi connectivity index (χ3n) is 1.20. The van der Waals surface area contributed by atoms with Crippen LogP contribution in [-0.4, -0.2) is 4.98 Å². The molecular weight excluding hydrogens is 98.1 g/mol. The van der Waals surface area contributed by atoms with Crippen LogP contribution in [0, 0.1) is 6.08 Å². The first-order valence-corrected chi connectivity index (χ1v) is 2.51. The Kier molecular flexibility index (Phi) is 0.570. The molecule has 0 aromatic carbocycles. The SMILES string of the molecule is [C]1=Cc2cccnc21. The van der Waals surface area contributed by atoms with E-state index in [4.69, 9.17) is 0 Å². The number of aromatic nitrogens is 1. The maximum atomic E-state index is 4.02. The number of fused-ring (bicyclic) bond motifs is 1. The Hall–Kier alpha value is -1.11. The zero-order valence-electron chi connectivity index (χ0n) is 4.26. The van der Waals surface area contributed by atoms with Crippen LogP contribution < -0.4 is 0 Å². The molecule has 1 aliphatic rings. The van der Waals surface area contributed by atoms with Gasteiger partial charge >= 0.3 is 0 Å². The van der Waals surface area contributed by atoms with Gasteiger partial charge in [-0.05, 0) is 12.1 Å². The van der Waals surface area contributed by atoms with Crippen molar-refractivity contribution in [2.24, 2.45) is 0 Å². The summed E-state index contributed by atoms with van der Waals surface area (Å²) in [5, 5.41) is 0. The van der Waals surface area contributed by atoms with E-state index in [0.29, 0.717) is 0 Å². The predicted octanol–water partition coefficient (Wildman–Crippen LogP) is 1.26. The van der Waals surface area contributed by atoms with Crippen LogP contribution in [-0.2, 0) is 0 Å². The highest BCUT2D eigenvalue weighted by molar-refractivity contribution is 5.62. The molecule has 1 heteroatoms. The average Bonchev–Trinajstić information content (AvgIpc) is 1.72. The highest BCUT2D eigenvalue weighted by Gasteiger charge is 2.02. The smallest absolute Gasteiger partial charge is 0.0781 e. The molecule has 1 aromatic heterocycles. The van der Waals surface area contributed by atoms with Gasteiger partial charge in [0.15, 0.2) is 0 Å². The van der Waals surface area contributed by atoms with E-state index >= 15 is 0 Å². The van der Waals surface area contributed by atoms with Crippen molar-refractivity contribution in [1.82, 2.24) is 4.98 Å². The maximum absolute atomic E-state index is 4.02. The van der Waals surface area contributed by atoms with E-state index in [1.54, 1.807) is 6.20 Å². The monoisotopic (exact) mass is 102 g/mol. The summed E-state index contributed by atoms with van der Waals surface area (Å²) < 4.78 is 0. The van der Waals surface area contributed by atoms with Gasteiger partial charge in [0.1, 0.15) is 0 Å². The Bertz CT molecular complexity index is 213. The molecule has 0 saturated carbocycles. The molecule has 0 aliphatic heterocycles. The summed E-state index contributed by atoms with van der Waals surface area (Å²) >= 11 is 0. The highest BCUT2D eigenvalue weighted by Crippen LogP contribution is 2.15. The fraction of sp³-hybridized carbons (Fsp3) is 0. The van der Waals surface area contributed by atoms with Crippen molar-refractivity contribution in [1.29, 1.82) is 0 Å². The molecule has 0 spiro atoms. The highest BCUT2D eigenvalue weighted by atomic mass is 14.7. The second kappa shape index (κ2) is 1.19. The summed E-state index contributed by atoms with van der Waals surface area (Å²) in [4.78, 5) is 4.02. The van der Waals surface area contributed by atoms with E-state index < -0.39 is 0 Å². The Morgan fingerprint density at radius 1 is 1.50 bits per heavy atom. The number of pyridine rings is 1. The van der Waals surface area contributed by atoms with Crippen molar-refractivity contribution in [2.75, 3.05) is 0 Å². The molecule has 1 nitrogen and oxygen atoms in total. The minimum absolute atomic E-state index is 0.993. The van der Waals surface area contributed by atoms with Gasteiger partial charge in [-0.3, -0.25) is 4.98 Å². The van der Waals surface area contributed by atoms with Crippen molar-refractivity contribution < 1.29 is 0 Å². The van der Waals surface area contributed by atoms with Gasteiger partial charge in [0, 0.05) is 17.8 Å². The Labute approximate surface area is 47.7 Å². The molecule has 2 rings (SSSR count). The van der Waals surface area contributed by atoms with Gasteiger partial charge < -0.3 is 0 Å². The lowest BCUT2D eigenvalue weighted by Crippen LogP contribution is -1.92. The van der Waals surface area contributed by atoms with Crippen molar-refractivity contribution in [2.45, 2.75) is 0 Å². The second-order valence-corrected chi connectivity index (χ2v) is 1.73. The molecule has 0 amide bonds. The van der Waals surface area contributed by atoms with Crippen LogP contribution >= 0.6 is 0 Å². The number of rotatable bonds is 0. The van der Waals surface area contributed by atoms with Gasteiger partial charge in [0.25, 0.3) is 0 Å². The Balaban J connectivity index is 2.69. The molecule has 1 radical (unpaired) electrons. The summed E-state index contributed by atoms with van der Waals surface area (Å²) in [6.07, 6.45) is 6.66. The van der Waals surface area contributed by atoms with Crippen LogP contribution in [0.25, 0.3) is 6.08 Å². The first-order valence-electron chi connectivity index (χ1n) is 2.51. The van der Waals surface area contributed by atoms with Gasteiger partial charge in [0.05, 0.1) is 5.69 Å². The molecule has 0 atom stereocenters. The third kappa shape index (κ3) is 0.334. The topological polar surface area (TPSA) is 12.9 Å². The number of hydrogen-bond donors (Lipinski definition) is 0. The number of nitrogens with zero attached hydrogens (tertiary/aromatic N) is 1. The summed E-state index contributed by atoms with van der Waals surface area (Å²) in [5.41, 5.74) is 2.19. The van der Waals surface area contributed by atoms with E-state index in [1.165, 1.54) is 5.56 Å². The molecule has 0 saturated heterocycles. The van der Waals surface area contributed by atoms with Gasteiger partial charge in [0.2, 0.25) is 0 Å². The fourth-order valence-electron chi connectivity index (χ4n) is 0.723. The predicted molar refractivity (Wildman–Crippen MR) is 31.0 cm³/mol. The lowest BCUT2D eigenvalue weighted by molar-refractivity contribution is 1.21. The molecule has 1 aromatic rings. The molecule has 8 heavy (non-hydrogen) atoms. The molecule has 0 unspecified atom stereocenters. The molecular formula is C7H4N. The minimum atomic E-state index is 0.993. The lowest BCUT2D eigenvalue weighted by Gasteiger charge is -2.04. The molecule has 0 fully saturated rings. The van der Waals surface area contributed by atoms with E-state index in [2.05, 4.69) is 11.1 Å². The maximum Gasteiger partial charge on any atom is 0.0781 e. The van der Waals surface area contributed by atoms with Crippen LogP contribution in [0.1, 0.15) is 11.3 Å². The van der Waals surface area contributed by atoms with Crippen molar-refractivity contribution >= 4 is 6.08 Å². The number of hydrogen-bond acceptors (Lipinski definition) is 1. The normalized spacial score (nSPS) is 12.5. The third-order valence-corrected chi connectivity index (χ3v) is 1.20. The van der Waals surface area contributed by atoms with E-state index in [9.17, 15) is 0 Å². The van der Waals surface area contributed by atoms with Gasteiger partial charge in [-0.25, -0.2) is 0 Å². The van der Waals surface area contributed by atoms with Crippen molar-refractivity contribution in [3.05, 3.63) is 35.7 Å². The quantitative estimate of drug-likeness (QED) is 0.488. The summed E-state index contributed by atoms with van der Waals surface area (Å²) in [7, 11) is 0. The fourth-order valence-corrected chi connectivity index (χ4v) is 0.723. The van der Waals surface area contributed by atoms with Gasteiger partial charge in [-0.15, -0.1) is 0 Å². The average molecular weight is 102 g/mol. The summed E-state index contributed by atoms with van der Waals surface area (Å²) in [5.74, 6) is 0. The molecule has 1 aliphatic carbocycles. The Morgan fingerprint density at radius 3 is 2.88 bits per heavy atom.